The number of hydrogen-bond donors (Lipinski definition) is 0. The molecule has 0 aliphatic carbocycles. The molecule has 5 heteroatoms. The molecule has 1 unspecified atom stereocenters. The maximum absolute atomic E-state index is 12.3. The zero-order chi connectivity index (χ0) is 18.3. The Morgan fingerprint density at radius 1 is 1.04 bits per heavy atom. The summed E-state index contributed by atoms with van der Waals surface area (Å²) < 4.78 is 10.3. The maximum Gasteiger partial charge on any atom is 0.411 e. The van der Waals surface area contributed by atoms with Crippen LogP contribution in [0, 0.1) is 12.3 Å². The first-order valence-corrected chi connectivity index (χ1v) is 9.74. The maximum atomic E-state index is 12.3. The van der Waals surface area contributed by atoms with Crippen molar-refractivity contribution in [3.8, 4) is 12.3 Å². The van der Waals surface area contributed by atoms with Crippen LogP contribution in [0.4, 0.5) is 4.79 Å². The number of rotatable bonds is 11. The number of nitrogens with zero attached hydrogens (tertiary/aromatic N) is 1. The summed E-state index contributed by atoms with van der Waals surface area (Å²) in [7, 11) is 0. The molecule has 1 atom stereocenters. The highest BCUT2D eigenvalue weighted by Gasteiger charge is 2.34. The van der Waals surface area contributed by atoms with Gasteiger partial charge >= 0.3 is 12.1 Å². The fourth-order valence-corrected chi connectivity index (χ4v) is 3.09. The summed E-state index contributed by atoms with van der Waals surface area (Å²) in [4.78, 5) is 25.7. The molecule has 25 heavy (non-hydrogen) atoms. The summed E-state index contributed by atoms with van der Waals surface area (Å²) >= 11 is 0. The fraction of sp³-hybridized carbons (Fsp3) is 0.800. The number of likely N-dealkylation sites (tertiary alicyclic amines) is 1. The molecule has 0 saturated carbocycles. The lowest BCUT2D eigenvalue weighted by molar-refractivity contribution is -0.150. The molecule has 1 heterocycles. The average Bonchev–Trinajstić information content (AvgIpc) is 2.64. The second-order valence-electron chi connectivity index (χ2n) is 6.61. The lowest BCUT2D eigenvalue weighted by atomic mass is 10.0. The molecule has 0 bridgehead atoms. The predicted octanol–water partition coefficient (Wildman–Crippen LogP) is 4.29. The van der Waals surface area contributed by atoms with E-state index < -0.39 is 12.1 Å². The van der Waals surface area contributed by atoms with Crippen LogP contribution >= 0.6 is 0 Å². The van der Waals surface area contributed by atoms with Crippen LogP contribution in [0.25, 0.3) is 0 Å². The van der Waals surface area contributed by atoms with Gasteiger partial charge in [-0.1, -0.05) is 57.8 Å². The van der Waals surface area contributed by atoms with Gasteiger partial charge in [0.1, 0.15) is 6.04 Å². The van der Waals surface area contributed by atoms with E-state index in [9.17, 15) is 9.59 Å². The molecule has 0 radical (unpaired) electrons. The highest BCUT2D eigenvalue weighted by Crippen LogP contribution is 2.19. The normalized spacial score (nSPS) is 17.0. The van der Waals surface area contributed by atoms with Gasteiger partial charge in [0.25, 0.3) is 0 Å². The first-order chi connectivity index (χ1) is 12.2. The van der Waals surface area contributed by atoms with E-state index in [1.54, 1.807) is 0 Å². The van der Waals surface area contributed by atoms with E-state index in [0.717, 1.165) is 25.7 Å². The third-order valence-corrected chi connectivity index (χ3v) is 4.53. The zero-order valence-corrected chi connectivity index (χ0v) is 15.6. The van der Waals surface area contributed by atoms with Gasteiger partial charge in [-0.3, -0.25) is 4.90 Å². The average molecular weight is 351 g/mol. The molecule has 1 aliphatic rings. The summed E-state index contributed by atoms with van der Waals surface area (Å²) in [6.07, 6.45) is 16.6. The van der Waals surface area contributed by atoms with Gasteiger partial charge in [0, 0.05) is 6.54 Å². The van der Waals surface area contributed by atoms with Crippen LogP contribution in [-0.4, -0.2) is 42.8 Å². The molecule has 1 amide bonds. The van der Waals surface area contributed by atoms with Crippen LogP contribution in [0.5, 0.6) is 0 Å². The summed E-state index contributed by atoms with van der Waals surface area (Å²) in [6, 6.07) is -0.534. The molecule has 1 aliphatic heterocycles. The monoisotopic (exact) mass is 351 g/mol. The Morgan fingerprint density at radius 3 is 2.40 bits per heavy atom. The number of piperidine rings is 1. The van der Waals surface area contributed by atoms with Gasteiger partial charge in [-0.05, 0) is 25.7 Å². The molecular weight excluding hydrogens is 318 g/mol. The molecule has 1 saturated heterocycles. The molecule has 1 rings (SSSR count). The van der Waals surface area contributed by atoms with E-state index in [-0.39, 0.29) is 12.6 Å². The topological polar surface area (TPSA) is 55.8 Å². The van der Waals surface area contributed by atoms with Gasteiger partial charge in [-0.25, -0.2) is 9.59 Å². The number of amides is 1. The zero-order valence-electron chi connectivity index (χ0n) is 15.6. The quantitative estimate of drug-likeness (QED) is 0.316. The molecule has 142 valence electrons. The van der Waals surface area contributed by atoms with Crippen molar-refractivity contribution in [1.82, 2.24) is 4.90 Å². The molecule has 0 spiro atoms. The van der Waals surface area contributed by atoms with Crippen LogP contribution < -0.4 is 0 Å². The minimum absolute atomic E-state index is 0.0741. The Morgan fingerprint density at radius 2 is 1.72 bits per heavy atom. The number of terminal acetylenes is 1. The van der Waals surface area contributed by atoms with Crippen molar-refractivity contribution in [2.45, 2.75) is 83.6 Å². The number of hydrogen-bond acceptors (Lipinski definition) is 4. The second kappa shape index (κ2) is 13.6. The van der Waals surface area contributed by atoms with Gasteiger partial charge in [-0.2, -0.15) is 0 Å². The Bertz CT molecular complexity index is 430. The van der Waals surface area contributed by atoms with E-state index >= 15 is 0 Å². The second-order valence-corrected chi connectivity index (χ2v) is 6.61. The smallest absolute Gasteiger partial charge is 0.411 e. The number of carbonyl (C=O) groups is 2. The number of unbranched alkanes of at least 4 members (excludes halogenated alkanes) is 7. The third-order valence-electron chi connectivity index (χ3n) is 4.53. The SMILES string of the molecule is C#CCOC(=O)N1CCCCC1C(=O)OCCCCCCCCCC. The first-order valence-electron chi connectivity index (χ1n) is 9.74. The Labute approximate surface area is 152 Å². The van der Waals surface area contributed by atoms with Crippen LogP contribution in [0.1, 0.15) is 77.6 Å². The Kier molecular flexibility index (Phi) is 11.6. The van der Waals surface area contributed by atoms with E-state index in [2.05, 4.69) is 12.8 Å². The van der Waals surface area contributed by atoms with Crippen molar-refractivity contribution in [2.75, 3.05) is 19.8 Å². The summed E-state index contributed by atoms with van der Waals surface area (Å²) in [5, 5.41) is 0. The minimum atomic E-state index is -0.534. The van der Waals surface area contributed by atoms with E-state index in [4.69, 9.17) is 15.9 Å². The number of esters is 1. The molecular formula is C20H33NO4. The van der Waals surface area contributed by atoms with Gasteiger partial charge in [0.05, 0.1) is 6.61 Å². The number of carbonyl (C=O) groups excluding carboxylic acids is 2. The van der Waals surface area contributed by atoms with Crippen molar-refractivity contribution in [1.29, 1.82) is 0 Å². The highest BCUT2D eigenvalue weighted by atomic mass is 16.6. The van der Waals surface area contributed by atoms with Gasteiger partial charge < -0.3 is 9.47 Å². The Balaban J connectivity index is 2.21. The third kappa shape index (κ3) is 8.81. The first kappa shape index (κ1) is 21.3. The highest BCUT2D eigenvalue weighted by molar-refractivity contribution is 5.81. The van der Waals surface area contributed by atoms with Crippen LogP contribution in [0.3, 0.4) is 0 Å². The van der Waals surface area contributed by atoms with Crippen molar-refractivity contribution in [3.05, 3.63) is 0 Å². The van der Waals surface area contributed by atoms with E-state index in [1.807, 2.05) is 0 Å². The number of ether oxygens (including phenoxy) is 2. The summed E-state index contributed by atoms with van der Waals surface area (Å²) in [6.45, 7) is 3.09. The van der Waals surface area contributed by atoms with E-state index in [0.29, 0.717) is 19.6 Å². The molecule has 1 fully saturated rings. The molecule has 0 aromatic carbocycles. The van der Waals surface area contributed by atoms with Crippen LogP contribution in [-0.2, 0) is 14.3 Å². The molecule has 0 N–H and O–H groups in total. The van der Waals surface area contributed by atoms with Crippen molar-refractivity contribution < 1.29 is 19.1 Å². The largest absolute Gasteiger partial charge is 0.464 e. The molecule has 0 aromatic heterocycles. The lowest BCUT2D eigenvalue weighted by Crippen LogP contribution is -2.49. The fourth-order valence-electron chi connectivity index (χ4n) is 3.09. The van der Waals surface area contributed by atoms with Gasteiger partial charge in [-0.15, -0.1) is 6.42 Å². The molecule has 5 nitrogen and oxygen atoms in total. The van der Waals surface area contributed by atoms with Gasteiger partial charge in [0.15, 0.2) is 6.61 Å². The predicted molar refractivity (Wildman–Crippen MR) is 98.1 cm³/mol. The summed E-state index contributed by atoms with van der Waals surface area (Å²) in [5.41, 5.74) is 0. The van der Waals surface area contributed by atoms with Crippen LogP contribution in [0.2, 0.25) is 0 Å². The summed E-state index contributed by atoms with van der Waals surface area (Å²) in [5.74, 6) is 1.95. The van der Waals surface area contributed by atoms with Crippen LogP contribution in [0.15, 0.2) is 0 Å². The van der Waals surface area contributed by atoms with Crippen molar-refractivity contribution in [2.24, 2.45) is 0 Å². The minimum Gasteiger partial charge on any atom is -0.464 e. The molecule has 0 aromatic rings. The van der Waals surface area contributed by atoms with E-state index in [1.165, 1.54) is 43.4 Å². The lowest BCUT2D eigenvalue weighted by Gasteiger charge is -2.32. The Hall–Kier alpha value is -1.70. The van der Waals surface area contributed by atoms with Crippen molar-refractivity contribution in [3.63, 3.8) is 0 Å². The standard InChI is InChI=1S/C20H33NO4/c1-3-5-6-7-8-9-10-13-17-24-19(22)18-14-11-12-15-21(18)20(23)25-16-4-2/h2,18H,3,5-17H2,1H3. The van der Waals surface area contributed by atoms with Crippen molar-refractivity contribution >= 4 is 12.1 Å². The van der Waals surface area contributed by atoms with Gasteiger partial charge in [0.2, 0.25) is 0 Å².